The van der Waals surface area contributed by atoms with Crippen LogP contribution in [0.5, 0.6) is 0 Å². The summed E-state index contributed by atoms with van der Waals surface area (Å²) in [5.74, 6) is -0.878. The summed E-state index contributed by atoms with van der Waals surface area (Å²) in [6.45, 7) is 0.790. The summed E-state index contributed by atoms with van der Waals surface area (Å²) < 4.78 is 2.16. The first-order valence-corrected chi connectivity index (χ1v) is 7.23. The summed E-state index contributed by atoms with van der Waals surface area (Å²) in [6, 6.07) is 21.5. The van der Waals surface area contributed by atoms with Gasteiger partial charge in [-0.1, -0.05) is 48.5 Å². The Bertz CT molecular complexity index is 775. The molecule has 3 rings (SSSR count). The third kappa shape index (κ3) is 3.09. The van der Waals surface area contributed by atoms with Crippen molar-refractivity contribution in [3.05, 3.63) is 95.3 Å². The lowest BCUT2D eigenvalue weighted by Crippen LogP contribution is -2.07. The number of hydrogen-bond acceptors (Lipinski definition) is 1. The predicted octanol–water partition coefficient (Wildman–Crippen LogP) is 3.83. The van der Waals surface area contributed by atoms with Gasteiger partial charge in [-0.15, -0.1) is 0 Å². The van der Waals surface area contributed by atoms with Gasteiger partial charge in [0.25, 0.3) is 0 Å². The zero-order valence-electron chi connectivity index (χ0n) is 12.1. The van der Waals surface area contributed by atoms with E-state index in [9.17, 15) is 9.90 Å². The highest BCUT2D eigenvalue weighted by Crippen LogP contribution is 2.16. The highest BCUT2D eigenvalue weighted by Gasteiger charge is 2.11. The van der Waals surface area contributed by atoms with E-state index in [1.54, 1.807) is 12.1 Å². The Kier molecular flexibility index (Phi) is 4.05. The van der Waals surface area contributed by atoms with Crippen LogP contribution in [0.2, 0.25) is 0 Å². The molecule has 2 aromatic carbocycles. The highest BCUT2D eigenvalue weighted by molar-refractivity contribution is 5.89. The SMILES string of the molecule is O=C(O)c1ccccc1Cc1cccn1Cc1ccccc1. The van der Waals surface area contributed by atoms with Gasteiger partial charge >= 0.3 is 5.97 Å². The van der Waals surface area contributed by atoms with Gasteiger partial charge in [0, 0.05) is 24.9 Å². The van der Waals surface area contributed by atoms with Crippen LogP contribution in [0.25, 0.3) is 0 Å². The fourth-order valence-electron chi connectivity index (χ4n) is 2.62. The fourth-order valence-corrected chi connectivity index (χ4v) is 2.62. The van der Waals surface area contributed by atoms with E-state index in [1.165, 1.54) is 5.56 Å². The fraction of sp³-hybridized carbons (Fsp3) is 0.105. The molecule has 0 radical (unpaired) electrons. The first kappa shape index (κ1) is 14.1. The standard InChI is InChI=1S/C19H17NO2/c21-19(22)18-11-5-4-9-16(18)13-17-10-6-12-20(17)14-15-7-2-1-3-8-15/h1-12H,13-14H2,(H,21,22). The normalized spacial score (nSPS) is 10.5. The maximum atomic E-state index is 11.3. The largest absolute Gasteiger partial charge is 0.478 e. The molecule has 0 bridgehead atoms. The number of nitrogens with zero attached hydrogens (tertiary/aromatic N) is 1. The molecular formula is C19H17NO2. The second-order valence-corrected chi connectivity index (χ2v) is 5.25. The number of carboxylic acid groups (broad SMARTS) is 1. The van der Waals surface area contributed by atoms with Gasteiger partial charge in [-0.3, -0.25) is 0 Å². The number of carbonyl (C=O) groups is 1. The van der Waals surface area contributed by atoms with Crippen LogP contribution in [0.1, 0.15) is 27.2 Å². The molecule has 0 saturated carbocycles. The van der Waals surface area contributed by atoms with Crippen molar-refractivity contribution < 1.29 is 9.90 Å². The molecule has 0 saturated heterocycles. The van der Waals surface area contributed by atoms with E-state index < -0.39 is 5.97 Å². The molecule has 0 fully saturated rings. The zero-order valence-corrected chi connectivity index (χ0v) is 12.1. The van der Waals surface area contributed by atoms with Gasteiger partial charge in [-0.05, 0) is 29.3 Å². The molecule has 0 unspecified atom stereocenters. The van der Waals surface area contributed by atoms with Crippen molar-refractivity contribution in [3.8, 4) is 0 Å². The quantitative estimate of drug-likeness (QED) is 0.776. The lowest BCUT2D eigenvalue weighted by Gasteiger charge is -2.11. The Morgan fingerprint density at radius 2 is 1.64 bits per heavy atom. The van der Waals surface area contributed by atoms with Gasteiger partial charge in [-0.2, -0.15) is 0 Å². The molecule has 0 aliphatic heterocycles. The van der Waals surface area contributed by atoms with Crippen LogP contribution in [0.15, 0.2) is 72.9 Å². The van der Waals surface area contributed by atoms with E-state index in [4.69, 9.17) is 0 Å². The van der Waals surface area contributed by atoms with Crippen LogP contribution in [0, 0.1) is 0 Å². The van der Waals surface area contributed by atoms with Gasteiger partial charge in [0.15, 0.2) is 0 Å². The molecule has 3 nitrogen and oxygen atoms in total. The summed E-state index contributed by atoms with van der Waals surface area (Å²) in [7, 11) is 0. The van der Waals surface area contributed by atoms with Crippen LogP contribution in [-0.4, -0.2) is 15.6 Å². The number of aromatic carboxylic acids is 1. The topological polar surface area (TPSA) is 42.2 Å². The number of rotatable bonds is 5. The van der Waals surface area contributed by atoms with E-state index in [1.807, 2.05) is 48.7 Å². The van der Waals surface area contributed by atoms with Crippen molar-refractivity contribution in [1.82, 2.24) is 4.57 Å². The molecule has 22 heavy (non-hydrogen) atoms. The van der Waals surface area contributed by atoms with E-state index in [0.29, 0.717) is 12.0 Å². The van der Waals surface area contributed by atoms with Gasteiger partial charge in [0.2, 0.25) is 0 Å². The second-order valence-electron chi connectivity index (χ2n) is 5.25. The molecule has 0 amide bonds. The van der Waals surface area contributed by atoms with Gasteiger partial charge < -0.3 is 9.67 Å². The van der Waals surface area contributed by atoms with Crippen molar-refractivity contribution in [2.75, 3.05) is 0 Å². The predicted molar refractivity (Wildman–Crippen MR) is 86.2 cm³/mol. The molecule has 3 heteroatoms. The van der Waals surface area contributed by atoms with Gasteiger partial charge in [-0.25, -0.2) is 4.79 Å². The molecule has 0 spiro atoms. The van der Waals surface area contributed by atoms with Crippen LogP contribution >= 0.6 is 0 Å². The minimum Gasteiger partial charge on any atom is -0.478 e. The molecule has 0 aliphatic carbocycles. The lowest BCUT2D eigenvalue weighted by atomic mass is 10.0. The monoisotopic (exact) mass is 291 g/mol. The van der Waals surface area contributed by atoms with Crippen molar-refractivity contribution in [2.45, 2.75) is 13.0 Å². The highest BCUT2D eigenvalue weighted by atomic mass is 16.4. The van der Waals surface area contributed by atoms with E-state index in [2.05, 4.69) is 16.7 Å². The van der Waals surface area contributed by atoms with Gasteiger partial charge in [0.05, 0.1) is 5.56 Å². The minimum absolute atomic E-state index is 0.370. The van der Waals surface area contributed by atoms with E-state index >= 15 is 0 Å². The Labute approximate surface area is 129 Å². The maximum Gasteiger partial charge on any atom is 0.335 e. The van der Waals surface area contributed by atoms with E-state index in [-0.39, 0.29) is 0 Å². The third-order valence-corrected chi connectivity index (χ3v) is 3.74. The molecule has 1 aromatic heterocycles. The Morgan fingerprint density at radius 3 is 2.41 bits per heavy atom. The lowest BCUT2D eigenvalue weighted by molar-refractivity contribution is 0.0696. The summed E-state index contributed by atoms with van der Waals surface area (Å²) in [4.78, 5) is 11.3. The first-order chi connectivity index (χ1) is 10.7. The van der Waals surface area contributed by atoms with Crippen molar-refractivity contribution >= 4 is 5.97 Å². The third-order valence-electron chi connectivity index (χ3n) is 3.74. The number of aromatic nitrogens is 1. The molecule has 110 valence electrons. The van der Waals surface area contributed by atoms with Crippen molar-refractivity contribution in [2.24, 2.45) is 0 Å². The summed E-state index contributed by atoms with van der Waals surface area (Å²) >= 11 is 0. The summed E-state index contributed by atoms with van der Waals surface area (Å²) in [5.41, 5.74) is 3.54. The number of hydrogen-bond donors (Lipinski definition) is 1. The molecule has 1 heterocycles. The van der Waals surface area contributed by atoms with Gasteiger partial charge in [0.1, 0.15) is 0 Å². The minimum atomic E-state index is -0.878. The Hall–Kier alpha value is -2.81. The van der Waals surface area contributed by atoms with Crippen molar-refractivity contribution in [3.63, 3.8) is 0 Å². The summed E-state index contributed by atoms with van der Waals surface area (Å²) in [6.07, 6.45) is 2.65. The van der Waals surface area contributed by atoms with Crippen LogP contribution in [0.3, 0.4) is 0 Å². The molecule has 3 aromatic rings. The molecule has 0 atom stereocenters. The van der Waals surface area contributed by atoms with E-state index in [0.717, 1.165) is 17.8 Å². The maximum absolute atomic E-state index is 11.3. The number of benzene rings is 2. The zero-order chi connectivity index (χ0) is 15.4. The molecular weight excluding hydrogens is 274 g/mol. The van der Waals surface area contributed by atoms with Crippen LogP contribution in [-0.2, 0) is 13.0 Å². The molecule has 1 N–H and O–H groups in total. The smallest absolute Gasteiger partial charge is 0.335 e. The average Bonchev–Trinajstić information content (AvgIpc) is 2.96. The average molecular weight is 291 g/mol. The second kappa shape index (κ2) is 6.31. The summed E-state index contributed by atoms with van der Waals surface area (Å²) in [5, 5.41) is 9.29. The Morgan fingerprint density at radius 1 is 0.909 bits per heavy atom. The van der Waals surface area contributed by atoms with Crippen LogP contribution < -0.4 is 0 Å². The first-order valence-electron chi connectivity index (χ1n) is 7.23. The molecule has 0 aliphatic rings. The van der Waals surface area contributed by atoms with Crippen molar-refractivity contribution in [1.29, 1.82) is 0 Å². The number of carboxylic acids is 1. The van der Waals surface area contributed by atoms with Crippen LogP contribution in [0.4, 0.5) is 0 Å². The Balaban J connectivity index is 1.86.